The number of ether oxygens (including phenoxy) is 2. The molecular weight excluding hydrogens is 343 g/mol. The number of carbonyl (C=O) groups excluding carboxylic acids is 2. The van der Waals surface area contributed by atoms with Gasteiger partial charge in [-0.15, -0.1) is 0 Å². The Kier molecular flexibility index (Phi) is 5.84. The van der Waals surface area contributed by atoms with Gasteiger partial charge in [0.05, 0.1) is 17.2 Å². The van der Waals surface area contributed by atoms with Crippen LogP contribution in [0.15, 0.2) is 40.8 Å². The van der Waals surface area contributed by atoms with Crippen molar-refractivity contribution in [2.24, 2.45) is 0 Å². The molecule has 0 aliphatic heterocycles. The summed E-state index contributed by atoms with van der Waals surface area (Å²) in [6.45, 7) is -0.0957. The van der Waals surface area contributed by atoms with Crippen molar-refractivity contribution in [3.8, 4) is 0 Å². The average molecular weight is 355 g/mol. The number of furan rings is 1. The molecule has 120 valence electrons. The van der Waals surface area contributed by atoms with Crippen molar-refractivity contribution >= 4 is 41.2 Å². The van der Waals surface area contributed by atoms with Gasteiger partial charge < -0.3 is 13.9 Å². The smallest absolute Gasteiger partial charge is 0.373 e. The molecule has 2 aromatic rings. The minimum atomic E-state index is -0.595. The average Bonchev–Trinajstić information content (AvgIpc) is 3.02. The molecule has 0 aliphatic carbocycles. The lowest BCUT2D eigenvalue weighted by molar-refractivity contribution is -0.139. The van der Waals surface area contributed by atoms with Crippen molar-refractivity contribution in [3.63, 3.8) is 0 Å². The summed E-state index contributed by atoms with van der Waals surface area (Å²) in [7, 11) is 1.25. The molecule has 0 radical (unpaired) electrons. The fourth-order valence-corrected chi connectivity index (χ4v) is 1.94. The maximum absolute atomic E-state index is 11.6. The summed E-state index contributed by atoms with van der Waals surface area (Å²) in [4.78, 5) is 22.9. The van der Waals surface area contributed by atoms with E-state index in [2.05, 4.69) is 4.74 Å². The highest BCUT2D eigenvalue weighted by molar-refractivity contribution is 6.42. The normalized spacial score (nSPS) is 10.7. The van der Waals surface area contributed by atoms with Crippen LogP contribution in [-0.4, -0.2) is 19.0 Å². The third-order valence-corrected chi connectivity index (χ3v) is 3.50. The lowest BCUT2D eigenvalue weighted by Crippen LogP contribution is -2.01. The van der Waals surface area contributed by atoms with E-state index < -0.39 is 11.9 Å². The molecule has 0 saturated heterocycles. The molecule has 0 saturated carbocycles. The van der Waals surface area contributed by atoms with Crippen LogP contribution in [0.3, 0.4) is 0 Å². The van der Waals surface area contributed by atoms with E-state index in [1.807, 2.05) is 0 Å². The lowest BCUT2D eigenvalue weighted by Gasteiger charge is -2.00. The highest BCUT2D eigenvalue weighted by Gasteiger charge is 2.11. The molecule has 7 heteroatoms. The van der Waals surface area contributed by atoms with E-state index in [9.17, 15) is 9.59 Å². The number of hydrogen-bond acceptors (Lipinski definition) is 5. The van der Waals surface area contributed by atoms with Crippen LogP contribution < -0.4 is 0 Å². The number of benzene rings is 1. The van der Waals surface area contributed by atoms with Gasteiger partial charge in [-0.25, -0.2) is 9.59 Å². The zero-order chi connectivity index (χ0) is 16.8. The minimum Gasteiger partial charge on any atom is -0.463 e. The summed E-state index contributed by atoms with van der Waals surface area (Å²) in [5.74, 6) is -0.777. The van der Waals surface area contributed by atoms with Gasteiger partial charge in [-0.05, 0) is 35.9 Å². The molecule has 0 unspecified atom stereocenters. The van der Waals surface area contributed by atoms with Gasteiger partial charge >= 0.3 is 11.9 Å². The predicted octanol–water partition coefficient (Wildman–Crippen LogP) is 4.13. The molecule has 0 bridgehead atoms. The molecule has 2 rings (SSSR count). The molecule has 0 spiro atoms. The van der Waals surface area contributed by atoms with E-state index >= 15 is 0 Å². The number of carbonyl (C=O) groups is 2. The zero-order valence-corrected chi connectivity index (χ0v) is 13.6. The van der Waals surface area contributed by atoms with Crippen LogP contribution >= 0.6 is 23.2 Å². The maximum atomic E-state index is 11.6. The Morgan fingerprint density at radius 3 is 2.65 bits per heavy atom. The number of esters is 2. The van der Waals surface area contributed by atoms with Crippen molar-refractivity contribution in [2.45, 2.75) is 6.61 Å². The molecule has 0 aliphatic rings. The quantitative estimate of drug-likeness (QED) is 0.596. The van der Waals surface area contributed by atoms with Crippen molar-refractivity contribution in [1.29, 1.82) is 0 Å². The molecule has 0 amide bonds. The van der Waals surface area contributed by atoms with Gasteiger partial charge in [-0.1, -0.05) is 29.3 Å². The summed E-state index contributed by atoms with van der Waals surface area (Å²) in [5.41, 5.74) is 0.710. The maximum Gasteiger partial charge on any atom is 0.373 e. The predicted molar refractivity (Wildman–Crippen MR) is 85.3 cm³/mol. The SMILES string of the molecule is COC(=O)c1ccc(COC(=O)/C=C/c2ccc(Cl)c(Cl)c2)o1. The Bertz CT molecular complexity index is 749. The van der Waals surface area contributed by atoms with Crippen molar-refractivity contribution in [2.75, 3.05) is 7.11 Å². The van der Waals surface area contributed by atoms with Crippen LogP contribution in [0.1, 0.15) is 21.9 Å². The Balaban J connectivity index is 1.89. The number of halogens is 2. The minimum absolute atomic E-state index is 0.0462. The largest absolute Gasteiger partial charge is 0.463 e. The summed E-state index contributed by atoms with van der Waals surface area (Å²) in [5, 5.41) is 0.832. The zero-order valence-electron chi connectivity index (χ0n) is 12.0. The molecule has 23 heavy (non-hydrogen) atoms. The molecule has 0 atom stereocenters. The fraction of sp³-hybridized carbons (Fsp3) is 0.125. The van der Waals surface area contributed by atoms with E-state index in [1.54, 1.807) is 24.3 Å². The van der Waals surface area contributed by atoms with Crippen LogP contribution in [0.4, 0.5) is 0 Å². The molecule has 1 aromatic heterocycles. The first-order valence-corrected chi connectivity index (χ1v) is 7.22. The van der Waals surface area contributed by atoms with Gasteiger partial charge in [0.15, 0.2) is 0 Å². The molecular formula is C16H12Cl2O5. The number of hydrogen-bond donors (Lipinski definition) is 0. The monoisotopic (exact) mass is 354 g/mol. The van der Waals surface area contributed by atoms with E-state index in [4.69, 9.17) is 32.4 Å². The summed E-state index contributed by atoms with van der Waals surface area (Å²) in [6, 6.07) is 7.95. The summed E-state index contributed by atoms with van der Waals surface area (Å²) >= 11 is 11.7. The van der Waals surface area contributed by atoms with Gasteiger partial charge in [0, 0.05) is 6.08 Å². The van der Waals surface area contributed by atoms with E-state index in [0.29, 0.717) is 21.4 Å². The van der Waals surface area contributed by atoms with Crippen LogP contribution in [0.2, 0.25) is 10.0 Å². The second kappa shape index (κ2) is 7.85. The van der Waals surface area contributed by atoms with Crippen LogP contribution in [0.25, 0.3) is 6.08 Å². The highest BCUT2D eigenvalue weighted by atomic mass is 35.5. The van der Waals surface area contributed by atoms with Crippen LogP contribution in [-0.2, 0) is 20.9 Å². The van der Waals surface area contributed by atoms with Gasteiger partial charge in [0.2, 0.25) is 5.76 Å². The third-order valence-electron chi connectivity index (χ3n) is 2.76. The Morgan fingerprint density at radius 2 is 1.96 bits per heavy atom. The topological polar surface area (TPSA) is 65.7 Å². The Morgan fingerprint density at radius 1 is 1.17 bits per heavy atom. The molecule has 1 heterocycles. The van der Waals surface area contributed by atoms with Crippen molar-refractivity contribution in [1.82, 2.24) is 0 Å². The van der Waals surface area contributed by atoms with Gasteiger partial charge in [-0.2, -0.15) is 0 Å². The van der Waals surface area contributed by atoms with E-state index in [0.717, 1.165) is 0 Å². The molecule has 0 N–H and O–H groups in total. The van der Waals surface area contributed by atoms with E-state index in [1.165, 1.54) is 25.3 Å². The lowest BCUT2D eigenvalue weighted by atomic mass is 10.2. The number of rotatable bonds is 5. The Labute approximate surface area is 142 Å². The van der Waals surface area contributed by atoms with Crippen molar-refractivity contribution in [3.05, 3.63) is 63.5 Å². The Hall–Kier alpha value is -2.24. The van der Waals surface area contributed by atoms with Crippen molar-refractivity contribution < 1.29 is 23.5 Å². The molecule has 0 fully saturated rings. The highest BCUT2D eigenvalue weighted by Crippen LogP contribution is 2.23. The van der Waals surface area contributed by atoms with Gasteiger partial charge in [0.1, 0.15) is 12.4 Å². The second-order valence-electron chi connectivity index (χ2n) is 4.37. The summed E-state index contributed by atoms with van der Waals surface area (Å²) < 4.78 is 14.7. The fourth-order valence-electron chi connectivity index (χ4n) is 1.64. The first-order valence-electron chi connectivity index (χ1n) is 6.46. The third kappa shape index (κ3) is 4.87. The van der Waals surface area contributed by atoms with Crippen LogP contribution in [0, 0.1) is 0 Å². The first kappa shape index (κ1) is 17.1. The standard InChI is InChI=1S/C16H12Cl2O5/c1-21-16(20)14-6-4-11(23-14)9-22-15(19)7-3-10-2-5-12(17)13(18)8-10/h2-8H,9H2,1H3/b7-3+. The van der Waals surface area contributed by atoms with Gasteiger partial charge in [0.25, 0.3) is 0 Å². The van der Waals surface area contributed by atoms with Gasteiger partial charge in [-0.3, -0.25) is 0 Å². The first-order chi connectivity index (χ1) is 11.0. The second-order valence-corrected chi connectivity index (χ2v) is 5.19. The van der Waals surface area contributed by atoms with Crippen LogP contribution in [0.5, 0.6) is 0 Å². The molecule has 1 aromatic carbocycles. The van der Waals surface area contributed by atoms with E-state index in [-0.39, 0.29) is 12.4 Å². The number of methoxy groups -OCH3 is 1. The summed E-state index contributed by atoms with van der Waals surface area (Å²) in [6.07, 6.45) is 2.80. The molecule has 5 nitrogen and oxygen atoms in total.